The number of hydrogen-bond donors (Lipinski definition) is 0. The zero-order valence-electron chi connectivity index (χ0n) is 11.9. The van der Waals surface area contributed by atoms with Crippen LogP contribution in [-0.4, -0.2) is 35.1 Å². The molecule has 0 radical (unpaired) electrons. The predicted octanol–water partition coefficient (Wildman–Crippen LogP) is 3.65. The lowest BCUT2D eigenvalue weighted by molar-refractivity contribution is 0.140. The molecule has 102 valence electrons. The van der Waals surface area contributed by atoms with Crippen LogP contribution < -0.4 is 4.74 Å². The fourth-order valence-corrected chi connectivity index (χ4v) is 2.33. The van der Waals surface area contributed by atoms with Gasteiger partial charge in [0.1, 0.15) is 6.61 Å². The van der Waals surface area contributed by atoms with Crippen LogP contribution in [-0.2, 0) is 0 Å². The Bertz CT molecular complexity index is 372. The van der Waals surface area contributed by atoms with Gasteiger partial charge < -0.3 is 4.74 Å². The molecule has 0 aliphatic rings. The van der Waals surface area contributed by atoms with Crippen LogP contribution >= 0.6 is 15.9 Å². The highest BCUT2D eigenvalue weighted by molar-refractivity contribution is 9.10. The number of halogens is 1. The minimum Gasteiger partial charge on any atom is -0.475 e. The summed E-state index contributed by atoms with van der Waals surface area (Å²) in [5.74, 6) is 0.683. The van der Waals surface area contributed by atoms with Crippen molar-refractivity contribution in [2.75, 3.05) is 13.2 Å². The molecule has 0 aliphatic heterocycles. The summed E-state index contributed by atoms with van der Waals surface area (Å²) in [5, 5.41) is 0. The van der Waals surface area contributed by atoms with Gasteiger partial charge >= 0.3 is 0 Å². The smallest absolute Gasteiger partial charge is 0.228 e. The van der Waals surface area contributed by atoms with Crippen LogP contribution in [0.25, 0.3) is 0 Å². The Morgan fingerprint density at radius 3 is 2.44 bits per heavy atom. The van der Waals surface area contributed by atoms with Crippen LogP contribution in [0.4, 0.5) is 0 Å². The number of aryl methyl sites for hydroxylation is 1. The highest BCUT2D eigenvalue weighted by Crippen LogP contribution is 2.25. The van der Waals surface area contributed by atoms with Crippen molar-refractivity contribution in [2.24, 2.45) is 0 Å². The normalized spacial score (nSPS) is 11.6. The molecule has 0 aromatic carbocycles. The first-order valence-corrected chi connectivity index (χ1v) is 7.22. The minimum absolute atomic E-state index is 0.530. The van der Waals surface area contributed by atoms with Crippen molar-refractivity contribution >= 4 is 15.9 Å². The molecule has 0 unspecified atom stereocenters. The molecule has 18 heavy (non-hydrogen) atoms. The van der Waals surface area contributed by atoms with Gasteiger partial charge in [-0.1, -0.05) is 0 Å². The van der Waals surface area contributed by atoms with E-state index in [1.54, 1.807) is 6.20 Å². The molecular formula is C14H23BrN2O. The summed E-state index contributed by atoms with van der Waals surface area (Å²) in [6, 6.07) is 3.02. The van der Waals surface area contributed by atoms with Crippen LogP contribution in [0.5, 0.6) is 5.88 Å². The average Bonchev–Trinajstić information content (AvgIpc) is 2.28. The van der Waals surface area contributed by atoms with E-state index in [0.29, 0.717) is 24.6 Å². The van der Waals surface area contributed by atoms with Crippen molar-refractivity contribution in [2.45, 2.75) is 46.7 Å². The zero-order valence-corrected chi connectivity index (χ0v) is 13.5. The molecule has 0 aliphatic carbocycles. The van der Waals surface area contributed by atoms with Crippen molar-refractivity contribution in [1.29, 1.82) is 0 Å². The highest BCUT2D eigenvalue weighted by atomic mass is 79.9. The first kappa shape index (κ1) is 15.4. The van der Waals surface area contributed by atoms with E-state index in [2.05, 4.69) is 53.5 Å². The van der Waals surface area contributed by atoms with Gasteiger partial charge in [0, 0.05) is 24.8 Å². The van der Waals surface area contributed by atoms with Gasteiger partial charge in [0.15, 0.2) is 0 Å². The maximum atomic E-state index is 5.75. The third kappa shape index (κ3) is 4.25. The van der Waals surface area contributed by atoms with Gasteiger partial charge in [-0.15, -0.1) is 0 Å². The van der Waals surface area contributed by atoms with E-state index in [1.807, 2.05) is 13.0 Å². The number of ether oxygens (including phenoxy) is 1. The molecule has 0 bridgehead atoms. The summed E-state index contributed by atoms with van der Waals surface area (Å²) in [4.78, 5) is 6.64. The van der Waals surface area contributed by atoms with E-state index in [0.717, 1.165) is 16.6 Å². The Kier molecular flexibility index (Phi) is 6.09. The summed E-state index contributed by atoms with van der Waals surface area (Å²) < 4.78 is 6.70. The Morgan fingerprint density at radius 1 is 1.28 bits per heavy atom. The maximum Gasteiger partial charge on any atom is 0.228 e. The molecule has 1 aromatic rings. The second-order valence-corrected chi connectivity index (χ2v) is 5.81. The van der Waals surface area contributed by atoms with Gasteiger partial charge in [-0.25, -0.2) is 4.98 Å². The molecule has 0 saturated heterocycles. The van der Waals surface area contributed by atoms with Crippen LogP contribution in [0.1, 0.15) is 33.3 Å². The second-order valence-electron chi connectivity index (χ2n) is 5.02. The van der Waals surface area contributed by atoms with Gasteiger partial charge in [-0.2, -0.15) is 0 Å². The molecule has 0 fully saturated rings. The Morgan fingerprint density at radius 2 is 1.89 bits per heavy atom. The van der Waals surface area contributed by atoms with Gasteiger partial charge in [0.25, 0.3) is 0 Å². The number of pyridine rings is 1. The van der Waals surface area contributed by atoms with Crippen LogP contribution in [0.15, 0.2) is 16.7 Å². The summed E-state index contributed by atoms with van der Waals surface area (Å²) in [6.45, 7) is 12.4. The van der Waals surface area contributed by atoms with Crippen molar-refractivity contribution in [3.63, 3.8) is 0 Å². The average molecular weight is 315 g/mol. The molecule has 1 heterocycles. The van der Waals surface area contributed by atoms with Gasteiger partial charge in [0.05, 0.1) is 4.47 Å². The topological polar surface area (TPSA) is 25.4 Å². The number of nitrogens with zero attached hydrogens (tertiary/aromatic N) is 2. The highest BCUT2D eigenvalue weighted by Gasteiger charge is 2.13. The quantitative estimate of drug-likeness (QED) is 0.801. The minimum atomic E-state index is 0.530. The molecule has 0 N–H and O–H groups in total. The van der Waals surface area contributed by atoms with Crippen molar-refractivity contribution in [3.05, 3.63) is 22.3 Å². The second kappa shape index (κ2) is 7.10. The maximum absolute atomic E-state index is 5.75. The summed E-state index contributed by atoms with van der Waals surface area (Å²) in [7, 11) is 0. The SMILES string of the molecule is Cc1ccnc(OCCN(C(C)C)C(C)C)c1Br. The first-order valence-electron chi connectivity index (χ1n) is 6.43. The van der Waals surface area contributed by atoms with E-state index >= 15 is 0 Å². The number of hydrogen-bond acceptors (Lipinski definition) is 3. The number of rotatable bonds is 6. The Labute approximate surface area is 119 Å². The molecule has 3 nitrogen and oxygen atoms in total. The van der Waals surface area contributed by atoms with Crippen molar-refractivity contribution in [1.82, 2.24) is 9.88 Å². The summed E-state index contributed by atoms with van der Waals surface area (Å²) in [5.41, 5.74) is 1.14. The standard InChI is InChI=1S/C14H23BrN2O/c1-10(2)17(11(3)4)8-9-18-14-13(15)12(5)6-7-16-14/h6-7,10-11H,8-9H2,1-5H3. The van der Waals surface area contributed by atoms with Crippen molar-refractivity contribution < 1.29 is 4.74 Å². The molecule has 0 atom stereocenters. The molecule has 0 amide bonds. The lowest BCUT2D eigenvalue weighted by atomic mass is 10.2. The fraction of sp³-hybridized carbons (Fsp3) is 0.643. The third-order valence-electron chi connectivity index (χ3n) is 2.97. The third-order valence-corrected chi connectivity index (χ3v) is 3.93. The molecule has 0 spiro atoms. The van der Waals surface area contributed by atoms with Gasteiger partial charge in [-0.3, -0.25) is 4.90 Å². The van der Waals surface area contributed by atoms with E-state index in [4.69, 9.17) is 4.74 Å². The molecule has 0 saturated carbocycles. The molecule has 4 heteroatoms. The molecule has 1 aromatic heterocycles. The zero-order chi connectivity index (χ0) is 13.7. The summed E-state index contributed by atoms with van der Waals surface area (Å²) in [6.07, 6.45) is 1.78. The fourth-order valence-electron chi connectivity index (χ4n) is 1.98. The van der Waals surface area contributed by atoms with Crippen LogP contribution in [0, 0.1) is 6.92 Å². The summed E-state index contributed by atoms with van der Waals surface area (Å²) >= 11 is 3.50. The Hall–Kier alpha value is -0.610. The van der Waals surface area contributed by atoms with E-state index in [1.165, 1.54) is 0 Å². The first-order chi connectivity index (χ1) is 8.43. The van der Waals surface area contributed by atoms with E-state index in [9.17, 15) is 0 Å². The van der Waals surface area contributed by atoms with Crippen LogP contribution in [0.3, 0.4) is 0 Å². The number of aromatic nitrogens is 1. The van der Waals surface area contributed by atoms with Gasteiger partial charge in [0.2, 0.25) is 5.88 Å². The van der Waals surface area contributed by atoms with Crippen LogP contribution in [0.2, 0.25) is 0 Å². The lowest BCUT2D eigenvalue weighted by Gasteiger charge is -2.30. The molecule has 1 rings (SSSR count). The predicted molar refractivity (Wildman–Crippen MR) is 79.1 cm³/mol. The van der Waals surface area contributed by atoms with Gasteiger partial charge in [-0.05, 0) is 62.2 Å². The lowest BCUT2D eigenvalue weighted by Crippen LogP contribution is -2.39. The Balaban J connectivity index is 2.53. The monoisotopic (exact) mass is 314 g/mol. The largest absolute Gasteiger partial charge is 0.475 e. The van der Waals surface area contributed by atoms with Crippen molar-refractivity contribution in [3.8, 4) is 5.88 Å². The van der Waals surface area contributed by atoms with E-state index in [-0.39, 0.29) is 0 Å². The molecular weight excluding hydrogens is 292 g/mol. The van der Waals surface area contributed by atoms with E-state index < -0.39 is 0 Å².